The summed E-state index contributed by atoms with van der Waals surface area (Å²) >= 11 is 0. The standard InChI is InChI=1S/C11H24N2O/c1-12(2)9-10-13(3)8-6-4-5-7-11-14/h11H,4-10H2,1-3H3. The Labute approximate surface area is 88.1 Å². The van der Waals surface area contributed by atoms with E-state index in [0.29, 0.717) is 0 Å². The molecule has 0 aliphatic heterocycles. The Morgan fingerprint density at radius 1 is 0.929 bits per heavy atom. The Morgan fingerprint density at radius 2 is 1.64 bits per heavy atom. The predicted molar refractivity (Wildman–Crippen MR) is 60.6 cm³/mol. The molecule has 0 atom stereocenters. The average Bonchev–Trinajstić information content (AvgIpc) is 2.14. The highest BCUT2D eigenvalue weighted by Gasteiger charge is 1.98. The molecule has 0 N–H and O–H groups in total. The zero-order valence-electron chi connectivity index (χ0n) is 9.83. The summed E-state index contributed by atoms with van der Waals surface area (Å²) < 4.78 is 0. The van der Waals surface area contributed by atoms with Crippen LogP contribution >= 0.6 is 0 Å². The maximum absolute atomic E-state index is 10.1. The van der Waals surface area contributed by atoms with Gasteiger partial charge in [0.05, 0.1) is 0 Å². The molecule has 0 saturated carbocycles. The molecular weight excluding hydrogens is 176 g/mol. The highest BCUT2D eigenvalue weighted by Crippen LogP contribution is 1.99. The minimum atomic E-state index is 0.724. The van der Waals surface area contributed by atoms with Gasteiger partial charge in [0.15, 0.2) is 0 Å². The first-order valence-electron chi connectivity index (χ1n) is 5.43. The van der Waals surface area contributed by atoms with E-state index in [9.17, 15) is 4.79 Å². The van der Waals surface area contributed by atoms with Gasteiger partial charge in [-0.15, -0.1) is 0 Å². The Hall–Kier alpha value is -0.410. The zero-order chi connectivity index (χ0) is 10.8. The highest BCUT2D eigenvalue weighted by molar-refractivity contribution is 5.48. The van der Waals surface area contributed by atoms with Crippen LogP contribution in [-0.4, -0.2) is 56.9 Å². The van der Waals surface area contributed by atoms with Crippen LogP contribution in [0.4, 0.5) is 0 Å². The van der Waals surface area contributed by atoms with Crippen molar-refractivity contribution in [1.82, 2.24) is 9.80 Å². The fourth-order valence-electron chi connectivity index (χ4n) is 1.27. The van der Waals surface area contributed by atoms with Crippen molar-refractivity contribution in [2.75, 3.05) is 40.8 Å². The Bertz CT molecular complexity index is 137. The highest BCUT2D eigenvalue weighted by atomic mass is 16.1. The molecule has 0 spiro atoms. The van der Waals surface area contributed by atoms with Gasteiger partial charge < -0.3 is 14.6 Å². The summed E-state index contributed by atoms with van der Waals surface area (Å²) in [5, 5.41) is 0. The third-order valence-electron chi connectivity index (χ3n) is 2.29. The molecule has 0 aliphatic rings. The smallest absolute Gasteiger partial charge is 0.119 e. The fourth-order valence-corrected chi connectivity index (χ4v) is 1.27. The van der Waals surface area contributed by atoms with Crippen LogP contribution in [0.15, 0.2) is 0 Å². The first kappa shape index (κ1) is 13.6. The van der Waals surface area contributed by atoms with Crippen molar-refractivity contribution in [2.24, 2.45) is 0 Å². The fraction of sp³-hybridized carbons (Fsp3) is 0.909. The molecule has 3 nitrogen and oxygen atoms in total. The van der Waals surface area contributed by atoms with Crippen LogP contribution in [-0.2, 0) is 4.79 Å². The molecule has 0 amide bonds. The van der Waals surface area contributed by atoms with Crippen LogP contribution in [0.2, 0.25) is 0 Å². The molecule has 0 radical (unpaired) electrons. The quantitative estimate of drug-likeness (QED) is 0.413. The monoisotopic (exact) mass is 200 g/mol. The number of likely N-dealkylation sites (N-methyl/N-ethyl adjacent to an activating group) is 2. The first-order valence-corrected chi connectivity index (χ1v) is 5.43. The van der Waals surface area contributed by atoms with Crippen molar-refractivity contribution in [1.29, 1.82) is 0 Å². The SMILES string of the molecule is CN(C)CCN(C)CCCCCC=O. The number of hydrogen-bond donors (Lipinski definition) is 0. The summed E-state index contributed by atoms with van der Waals surface area (Å²) in [4.78, 5) is 14.6. The average molecular weight is 200 g/mol. The molecule has 0 rings (SSSR count). The lowest BCUT2D eigenvalue weighted by Crippen LogP contribution is -2.29. The van der Waals surface area contributed by atoms with Crippen LogP contribution in [0.5, 0.6) is 0 Å². The first-order chi connectivity index (χ1) is 6.66. The van der Waals surface area contributed by atoms with E-state index in [2.05, 4.69) is 30.9 Å². The van der Waals surface area contributed by atoms with Gasteiger partial charge in [-0.05, 0) is 40.5 Å². The van der Waals surface area contributed by atoms with Gasteiger partial charge in [0.1, 0.15) is 6.29 Å². The van der Waals surface area contributed by atoms with Crippen molar-refractivity contribution < 1.29 is 4.79 Å². The van der Waals surface area contributed by atoms with Gasteiger partial charge in [0.25, 0.3) is 0 Å². The largest absolute Gasteiger partial charge is 0.308 e. The number of aldehydes is 1. The van der Waals surface area contributed by atoms with Gasteiger partial charge in [-0.3, -0.25) is 0 Å². The van der Waals surface area contributed by atoms with Crippen molar-refractivity contribution in [2.45, 2.75) is 25.7 Å². The van der Waals surface area contributed by atoms with Crippen molar-refractivity contribution in [3.63, 3.8) is 0 Å². The van der Waals surface area contributed by atoms with E-state index in [1.807, 2.05) is 0 Å². The van der Waals surface area contributed by atoms with Gasteiger partial charge in [0, 0.05) is 19.5 Å². The third-order valence-corrected chi connectivity index (χ3v) is 2.29. The minimum Gasteiger partial charge on any atom is -0.308 e. The molecular formula is C11H24N2O. The summed E-state index contributed by atoms with van der Waals surface area (Å²) in [6.07, 6.45) is 5.16. The van der Waals surface area contributed by atoms with Crippen LogP contribution in [0, 0.1) is 0 Å². The number of rotatable bonds is 9. The maximum Gasteiger partial charge on any atom is 0.119 e. The lowest BCUT2D eigenvalue weighted by molar-refractivity contribution is -0.107. The molecule has 84 valence electrons. The summed E-state index contributed by atoms with van der Waals surface area (Å²) in [7, 11) is 6.35. The Balaban J connectivity index is 3.17. The molecule has 0 aromatic carbocycles. The molecule has 0 fully saturated rings. The van der Waals surface area contributed by atoms with Crippen LogP contribution in [0.3, 0.4) is 0 Å². The Morgan fingerprint density at radius 3 is 2.21 bits per heavy atom. The van der Waals surface area contributed by atoms with E-state index in [1.165, 1.54) is 12.8 Å². The second-order valence-electron chi connectivity index (χ2n) is 4.12. The van der Waals surface area contributed by atoms with Crippen molar-refractivity contribution in [3.05, 3.63) is 0 Å². The van der Waals surface area contributed by atoms with Gasteiger partial charge in [-0.2, -0.15) is 0 Å². The van der Waals surface area contributed by atoms with Crippen molar-refractivity contribution >= 4 is 6.29 Å². The second kappa shape index (κ2) is 9.16. The van der Waals surface area contributed by atoms with Gasteiger partial charge in [-0.25, -0.2) is 0 Å². The van der Waals surface area contributed by atoms with E-state index >= 15 is 0 Å². The molecule has 0 aromatic rings. The molecule has 0 aliphatic carbocycles. The minimum absolute atomic E-state index is 0.724. The number of unbranched alkanes of at least 4 members (excludes halogenated alkanes) is 3. The van der Waals surface area contributed by atoms with Gasteiger partial charge >= 0.3 is 0 Å². The van der Waals surface area contributed by atoms with E-state index < -0.39 is 0 Å². The van der Waals surface area contributed by atoms with Crippen LogP contribution in [0.1, 0.15) is 25.7 Å². The van der Waals surface area contributed by atoms with Crippen LogP contribution in [0.25, 0.3) is 0 Å². The number of carbonyl (C=O) groups excluding carboxylic acids is 1. The lowest BCUT2D eigenvalue weighted by atomic mass is 10.2. The molecule has 3 heteroatoms. The molecule has 0 heterocycles. The van der Waals surface area contributed by atoms with Crippen molar-refractivity contribution in [3.8, 4) is 0 Å². The predicted octanol–water partition coefficient (Wildman–Crippen LogP) is 1.24. The normalized spacial score (nSPS) is 11.2. The van der Waals surface area contributed by atoms with E-state index in [0.717, 1.165) is 38.8 Å². The maximum atomic E-state index is 10.1. The summed E-state index contributed by atoms with van der Waals surface area (Å²) in [6.45, 7) is 3.39. The third kappa shape index (κ3) is 9.68. The number of hydrogen-bond acceptors (Lipinski definition) is 3. The summed E-state index contributed by atoms with van der Waals surface area (Å²) in [5.74, 6) is 0. The molecule has 14 heavy (non-hydrogen) atoms. The van der Waals surface area contributed by atoms with Gasteiger partial charge in [0.2, 0.25) is 0 Å². The second-order valence-corrected chi connectivity index (χ2v) is 4.12. The van der Waals surface area contributed by atoms with Gasteiger partial charge in [-0.1, -0.05) is 6.42 Å². The lowest BCUT2D eigenvalue weighted by Gasteiger charge is -2.18. The van der Waals surface area contributed by atoms with E-state index in [-0.39, 0.29) is 0 Å². The molecule has 0 unspecified atom stereocenters. The number of nitrogens with zero attached hydrogens (tertiary/aromatic N) is 2. The summed E-state index contributed by atoms with van der Waals surface area (Å²) in [6, 6.07) is 0. The molecule has 0 saturated heterocycles. The van der Waals surface area contributed by atoms with E-state index in [4.69, 9.17) is 0 Å². The Kier molecular flexibility index (Phi) is 8.89. The topological polar surface area (TPSA) is 23.6 Å². The van der Waals surface area contributed by atoms with Crippen LogP contribution < -0.4 is 0 Å². The molecule has 0 bridgehead atoms. The molecule has 0 aromatic heterocycles. The zero-order valence-corrected chi connectivity index (χ0v) is 9.83. The summed E-state index contributed by atoms with van der Waals surface area (Å²) in [5.41, 5.74) is 0. The van der Waals surface area contributed by atoms with E-state index in [1.54, 1.807) is 0 Å². The number of carbonyl (C=O) groups is 1.